The lowest BCUT2D eigenvalue weighted by Crippen LogP contribution is -2.37. The van der Waals surface area contributed by atoms with E-state index in [9.17, 15) is 9.59 Å². The highest BCUT2D eigenvalue weighted by molar-refractivity contribution is 5.88. The SMILES string of the molecule is Cc1oc(CNC(=O)NC2CC2(C)C)cc1C(=O)O. The first-order valence-corrected chi connectivity index (χ1v) is 6.16. The second-order valence-electron chi connectivity index (χ2n) is 5.56. The molecule has 0 saturated heterocycles. The van der Waals surface area contributed by atoms with Crippen LogP contribution in [0, 0.1) is 12.3 Å². The summed E-state index contributed by atoms with van der Waals surface area (Å²) in [6, 6.07) is 1.38. The number of nitrogens with one attached hydrogen (secondary N) is 2. The Labute approximate surface area is 111 Å². The highest BCUT2D eigenvalue weighted by Crippen LogP contribution is 2.44. The third-order valence-corrected chi connectivity index (χ3v) is 3.44. The molecule has 1 aromatic rings. The molecule has 1 atom stereocenters. The number of carbonyl (C=O) groups is 2. The first-order valence-electron chi connectivity index (χ1n) is 6.16. The Morgan fingerprint density at radius 3 is 2.63 bits per heavy atom. The molecule has 0 spiro atoms. The third-order valence-electron chi connectivity index (χ3n) is 3.44. The Kier molecular flexibility index (Phi) is 3.26. The fourth-order valence-corrected chi connectivity index (χ4v) is 1.93. The van der Waals surface area contributed by atoms with Crippen LogP contribution in [0.25, 0.3) is 0 Å². The first-order chi connectivity index (χ1) is 8.79. The van der Waals surface area contributed by atoms with Gasteiger partial charge in [-0.2, -0.15) is 0 Å². The zero-order valence-corrected chi connectivity index (χ0v) is 11.2. The average molecular weight is 266 g/mol. The molecule has 1 heterocycles. The van der Waals surface area contributed by atoms with E-state index in [0.29, 0.717) is 11.5 Å². The van der Waals surface area contributed by atoms with Crippen LogP contribution < -0.4 is 10.6 Å². The van der Waals surface area contributed by atoms with E-state index in [1.165, 1.54) is 6.07 Å². The second-order valence-corrected chi connectivity index (χ2v) is 5.56. The smallest absolute Gasteiger partial charge is 0.339 e. The maximum atomic E-state index is 11.6. The summed E-state index contributed by atoms with van der Waals surface area (Å²) in [5.74, 6) is -0.259. The van der Waals surface area contributed by atoms with E-state index >= 15 is 0 Å². The quantitative estimate of drug-likeness (QED) is 0.776. The van der Waals surface area contributed by atoms with Gasteiger partial charge in [0.25, 0.3) is 0 Å². The highest BCUT2D eigenvalue weighted by atomic mass is 16.4. The molecule has 0 aliphatic heterocycles. The predicted octanol–water partition coefficient (Wildman–Crippen LogP) is 1.88. The van der Waals surface area contributed by atoms with E-state index in [1.807, 2.05) is 0 Å². The number of carboxylic acids is 1. The minimum atomic E-state index is -1.03. The summed E-state index contributed by atoms with van der Waals surface area (Å²) >= 11 is 0. The molecule has 6 nitrogen and oxygen atoms in total. The Morgan fingerprint density at radius 2 is 2.16 bits per heavy atom. The van der Waals surface area contributed by atoms with Gasteiger partial charge in [-0.15, -0.1) is 0 Å². The Balaban J connectivity index is 1.84. The number of hydrogen-bond donors (Lipinski definition) is 3. The molecule has 0 aromatic carbocycles. The maximum Gasteiger partial charge on any atom is 0.339 e. The molecular formula is C13H18N2O4. The number of furan rings is 1. The number of aryl methyl sites for hydroxylation is 1. The number of aromatic carboxylic acids is 1. The van der Waals surface area contributed by atoms with Gasteiger partial charge in [-0.3, -0.25) is 0 Å². The lowest BCUT2D eigenvalue weighted by molar-refractivity contribution is 0.0695. The van der Waals surface area contributed by atoms with Gasteiger partial charge < -0.3 is 20.2 Å². The summed E-state index contributed by atoms with van der Waals surface area (Å²) in [5, 5.41) is 14.4. The van der Waals surface area contributed by atoms with E-state index in [4.69, 9.17) is 9.52 Å². The molecule has 19 heavy (non-hydrogen) atoms. The average Bonchev–Trinajstić information content (AvgIpc) is 2.71. The van der Waals surface area contributed by atoms with Crippen molar-refractivity contribution in [1.82, 2.24) is 10.6 Å². The largest absolute Gasteiger partial charge is 0.478 e. The van der Waals surface area contributed by atoms with Crippen LogP contribution in [-0.4, -0.2) is 23.1 Å². The summed E-state index contributed by atoms with van der Waals surface area (Å²) < 4.78 is 5.26. The van der Waals surface area contributed by atoms with Gasteiger partial charge in [0.15, 0.2) is 0 Å². The van der Waals surface area contributed by atoms with Gasteiger partial charge in [0.1, 0.15) is 17.1 Å². The van der Waals surface area contributed by atoms with Crippen molar-refractivity contribution in [3.05, 3.63) is 23.2 Å². The molecule has 0 radical (unpaired) electrons. The molecule has 1 unspecified atom stereocenters. The molecule has 2 amide bonds. The molecule has 1 aliphatic rings. The minimum Gasteiger partial charge on any atom is -0.478 e. The van der Waals surface area contributed by atoms with Crippen molar-refractivity contribution in [1.29, 1.82) is 0 Å². The number of carbonyl (C=O) groups excluding carboxylic acids is 1. The number of urea groups is 1. The predicted molar refractivity (Wildman–Crippen MR) is 68.0 cm³/mol. The fourth-order valence-electron chi connectivity index (χ4n) is 1.93. The lowest BCUT2D eigenvalue weighted by atomic mass is 10.2. The zero-order chi connectivity index (χ0) is 14.2. The molecule has 1 aromatic heterocycles. The molecule has 2 rings (SSSR count). The van der Waals surface area contributed by atoms with Gasteiger partial charge >= 0.3 is 12.0 Å². The standard InChI is InChI=1S/C13H18N2O4/c1-7-9(11(16)17)4-8(19-7)6-14-12(18)15-10-5-13(10,2)3/h4,10H,5-6H2,1-3H3,(H,16,17)(H2,14,15,18). The third kappa shape index (κ3) is 3.07. The summed E-state index contributed by atoms with van der Waals surface area (Å²) in [5.41, 5.74) is 0.301. The van der Waals surface area contributed by atoms with Crippen LogP contribution in [0.3, 0.4) is 0 Å². The van der Waals surface area contributed by atoms with Crippen LogP contribution in [0.2, 0.25) is 0 Å². The maximum absolute atomic E-state index is 11.6. The molecule has 1 aliphatic carbocycles. The van der Waals surface area contributed by atoms with Crippen molar-refractivity contribution in [2.45, 2.75) is 39.8 Å². The fraction of sp³-hybridized carbons (Fsp3) is 0.538. The Morgan fingerprint density at radius 1 is 1.53 bits per heavy atom. The summed E-state index contributed by atoms with van der Waals surface area (Å²) in [6.45, 7) is 5.94. The topological polar surface area (TPSA) is 91.6 Å². The number of hydrogen-bond acceptors (Lipinski definition) is 3. The Bertz CT molecular complexity index is 519. The van der Waals surface area contributed by atoms with Crippen LogP contribution in [0.5, 0.6) is 0 Å². The summed E-state index contributed by atoms with van der Waals surface area (Å²) in [4.78, 5) is 22.4. The molecule has 6 heteroatoms. The molecule has 1 fully saturated rings. The molecule has 1 saturated carbocycles. The van der Waals surface area contributed by atoms with Crippen LogP contribution in [0.1, 0.15) is 42.1 Å². The van der Waals surface area contributed by atoms with E-state index in [2.05, 4.69) is 24.5 Å². The van der Waals surface area contributed by atoms with Gasteiger partial charge in [-0.05, 0) is 24.8 Å². The van der Waals surface area contributed by atoms with Crippen molar-refractivity contribution in [3.63, 3.8) is 0 Å². The first kappa shape index (κ1) is 13.5. The van der Waals surface area contributed by atoms with Gasteiger partial charge in [0.2, 0.25) is 0 Å². The monoisotopic (exact) mass is 266 g/mol. The van der Waals surface area contributed by atoms with Gasteiger partial charge in [0, 0.05) is 6.04 Å². The molecule has 3 N–H and O–H groups in total. The van der Waals surface area contributed by atoms with E-state index in [0.717, 1.165) is 6.42 Å². The molecular weight excluding hydrogens is 248 g/mol. The molecule has 0 bridgehead atoms. The van der Waals surface area contributed by atoms with Crippen molar-refractivity contribution in [2.75, 3.05) is 0 Å². The van der Waals surface area contributed by atoms with Crippen molar-refractivity contribution in [3.8, 4) is 0 Å². The van der Waals surface area contributed by atoms with Crippen LogP contribution in [-0.2, 0) is 6.54 Å². The lowest BCUT2D eigenvalue weighted by Gasteiger charge is -2.07. The molecule has 104 valence electrons. The van der Waals surface area contributed by atoms with E-state index in [-0.39, 0.29) is 29.6 Å². The van der Waals surface area contributed by atoms with Crippen LogP contribution >= 0.6 is 0 Å². The highest BCUT2D eigenvalue weighted by Gasteiger charge is 2.46. The van der Waals surface area contributed by atoms with Gasteiger partial charge in [-0.1, -0.05) is 13.8 Å². The van der Waals surface area contributed by atoms with E-state index < -0.39 is 5.97 Å². The van der Waals surface area contributed by atoms with Gasteiger partial charge in [0.05, 0.1) is 6.54 Å². The van der Waals surface area contributed by atoms with Crippen molar-refractivity contribution in [2.24, 2.45) is 5.41 Å². The van der Waals surface area contributed by atoms with Crippen LogP contribution in [0.15, 0.2) is 10.5 Å². The van der Waals surface area contributed by atoms with Crippen molar-refractivity contribution < 1.29 is 19.1 Å². The Hall–Kier alpha value is -1.98. The summed E-state index contributed by atoms with van der Waals surface area (Å²) in [7, 11) is 0. The van der Waals surface area contributed by atoms with Crippen molar-refractivity contribution >= 4 is 12.0 Å². The zero-order valence-electron chi connectivity index (χ0n) is 11.2. The number of amides is 2. The summed E-state index contributed by atoms with van der Waals surface area (Å²) in [6.07, 6.45) is 0.976. The number of carboxylic acid groups (broad SMARTS) is 1. The van der Waals surface area contributed by atoms with Crippen LogP contribution in [0.4, 0.5) is 4.79 Å². The second kappa shape index (κ2) is 4.60. The minimum absolute atomic E-state index is 0.125. The van der Waals surface area contributed by atoms with Gasteiger partial charge in [-0.25, -0.2) is 9.59 Å². The number of rotatable bonds is 4. The normalized spacial score (nSPS) is 19.8. The van der Waals surface area contributed by atoms with E-state index in [1.54, 1.807) is 6.92 Å².